The molecule has 8 heteroatoms. The third-order valence-corrected chi connectivity index (χ3v) is 4.78. The first-order valence-corrected chi connectivity index (χ1v) is 8.63. The van der Waals surface area contributed by atoms with Gasteiger partial charge in [-0.25, -0.2) is 14.9 Å². The normalized spacial score (nSPS) is 17.7. The summed E-state index contributed by atoms with van der Waals surface area (Å²) in [5, 5.41) is 6.53. The minimum atomic E-state index is -0.272. The van der Waals surface area contributed by atoms with Crippen LogP contribution in [0.5, 0.6) is 5.75 Å². The van der Waals surface area contributed by atoms with Crippen molar-refractivity contribution >= 4 is 0 Å². The molecular formula is C18H21N5O3. The van der Waals surface area contributed by atoms with E-state index >= 15 is 0 Å². The largest absolute Gasteiger partial charge is 0.497 e. The first kappa shape index (κ1) is 16.6. The fourth-order valence-electron chi connectivity index (χ4n) is 3.39. The van der Waals surface area contributed by atoms with Gasteiger partial charge in [0.15, 0.2) is 0 Å². The van der Waals surface area contributed by atoms with Gasteiger partial charge in [0.1, 0.15) is 17.3 Å². The summed E-state index contributed by atoms with van der Waals surface area (Å²) in [6, 6.07) is 7.73. The second-order valence-corrected chi connectivity index (χ2v) is 6.44. The summed E-state index contributed by atoms with van der Waals surface area (Å²) in [5.41, 5.74) is 1.54. The van der Waals surface area contributed by atoms with E-state index < -0.39 is 0 Å². The number of ether oxygens (including phenoxy) is 1. The molecule has 0 spiro atoms. The maximum Gasteiger partial charge on any atom is 0.340 e. The van der Waals surface area contributed by atoms with Gasteiger partial charge >= 0.3 is 5.69 Å². The Morgan fingerprint density at radius 3 is 2.85 bits per heavy atom. The van der Waals surface area contributed by atoms with Gasteiger partial charge in [0.05, 0.1) is 18.8 Å². The van der Waals surface area contributed by atoms with Crippen molar-refractivity contribution in [3.8, 4) is 17.2 Å². The minimum absolute atomic E-state index is 0.0921. The number of benzene rings is 1. The van der Waals surface area contributed by atoms with Crippen molar-refractivity contribution in [2.24, 2.45) is 0 Å². The summed E-state index contributed by atoms with van der Waals surface area (Å²) in [6.45, 7) is 3.52. The number of hydrogen-bond donors (Lipinski definition) is 2. The van der Waals surface area contributed by atoms with E-state index in [4.69, 9.17) is 9.15 Å². The van der Waals surface area contributed by atoms with Gasteiger partial charge < -0.3 is 9.15 Å². The van der Waals surface area contributed by atoms with E-state index in [0.717, 1.165) is 42.2 Å². The SMILES string of the molecule is COc1ccc(-c2nc(CN3CCC[C@@H]3c3n[nH]c(=O)[nH]3)c(C)o2)cc1. The van der Waals surface area contributed by atoms with E-state index in [1.807, 2.05) is 31.2 Å². The highest BCUT2D eigenvalue weighted by molar-refractivity contribution is 5.55. The van der Waals surface area contributed by atoms with Crippen LogP contribution in [0.2, 0.25) is 0 Å². The molecule has 0 saturated carbocycles. The predicted octanol–water partition coefficient (Wildman–Crippen LogP) is 2.41. The van der Waals surface area contributed by atoms with Crippen LogP contribution in [0.3, 0.4) is 0 Å². The molecule has 0 unspecified atom stereocenters. The van der Waals surface area contributed by atoms with Gasteiger partial charge in [-0.2, -0.15) is 5.10 Å². The van der Waals surface area contributed by atoms with E-state index in [-0.39, 0.29) is 11.7 Å². The fraction of sp³-hybridized carbons (Fsp3) is 0.389. The third kappa shape index (κ3) is 3.15. The summed E-state index contributed by atoms with van der Waals surface area (Å²) < 4.78 is 11.1. The van der Waals surface area contributed by atoms with Crippen molar-refractivity contribution in [3.05, 3.63) is 52.0 Å². The lowest BCUT2D eigenvalue weighted by molar-refractivity contribution is 0.236. The Balaban J connectivity index is 1.54. The van der Waals surface area contributed by atoms with Crippen LogP contribution in [-0.4, -0.2) is 38.7 Å². The summed E-state index contributed by atoms with van der Waals surface area (Å²) in [4.78, 5) is 21.1. The van der Waals surface area contributed by atoms with Crippen LogP contribution in [0, 0.1) is 6.92 Å². The predicted molar refractivity (Wildman–Crippen MR) is 94.8 cm³/mol. The van der Waals surface area contributed by atoms with E-state index in [9.17, 15) is 4.79 Å². The molecule has 0 amide bonds. The molecule has 136 valence electrons. The molecule has 1 aromatic carbocycles. The number of rotatable bonds is 5. The number of hydrogen-bond acceptors (Lipinski definition) is 6. The van der Waals surface area contributed by atoms with Crippen LogP contribution in [-0.2, 0) is 6.54 Å². The number of aryl methyl sites for hydroxylation is 1. The standard InChI is InChI=1S/C18H21N5O3/c1-11-14(19-17(26-11)12-5-7-13(25-2)8-6-12)10-23-9-3-4-15(23)16-20-18(24)22-21-16/h5-8,15H,3-4,9-10H2,1-2H3,(H2,20,21,22,24)/t15-/m1/s1. The molecule has 2 aromatic heterocycles. The first-order chi connectivity index (χ1) is 12.6. The second kappa shape index (κ2) is 6.80. The second-order valence-electron chi connectivity index (χ2n) is 6.44. The zero-order valence-corrected chi connectivity index (χ0v) is 14.8. The monoisotopic (exact) mass is 355 g/mol. The molecule has 3 aromatic rings. The zero-order valence-electron chi connectivity index (χ0n) is 14.8. The van der Waals surface area contributed by atoms with Crippen LogP contribution >= 0.6 is 0 Å². The molecule has 8 nitrogen and oxygen atoms in total. The van der Waals surface area contributed by atoms with Gasteiger partial charge in [0.2, 0.25) is 5.89 Å². The number of methoxy groups -OCH3 is 1. The van der Waals surface area contributed by atoms with Crippen LogP contribution in [0.25, 0.3) is 11.5 Å². The highest BCUT2D eigenvalue weighted by Crippen LogP contribution is 2.32. The van der Waals surface area contributed by atoms with Gasteiger partial charge in [0, 0.05) is 12.1 Å². The first-order valence-electron chi connectivity index (χ1n) is 8.63. The van der Waals surface area contributed by atoms with Gasteiger partial charge in [-0.05, 0) is 50.6 Å². The number of H-pyrrole nitrogens is 2. The van der Waals surface area contributed by atoms with E-state index in [1.54, 1.807) is 7.11 Å². The number of nitrogens with zero attached hydrogens (tertiary/aromatic N) is 3. The Morgan fingerprint density at radius 1 is 1.35 bits per heavy atom. The van der Waals surface area contributed by atoms with Crippen LogP contribution < -0.4 is 10.4 Å². The molecule has 0 radical (unpaired) electrons. The lowest BCUT2D eigenvalue weighted by Gasteiger charge is -2.21. The average Bonchev–Trinajstić information content (AvgIpc) is 3.36. The zero-order chi connectivity index (χ0) is 18.1. The molecule has 1 fully saturated rings. The topological polar surface area (TPSA) is 100 Å². The molecule has 3 heterocycles. The van der Waals surface area contributed by atoms with Crippen LogP contribution in [0.1, 0.15) is 36.2 Å². The summed E-state index contributed by atoms with van der Waals surface area (Å²) in [6.07, 6.45) is 2.02. The lowest BCUT2D eigenvalue weighted by atomic mass is 10.2. The average molecular weight is 355 g/mol. The smallest absolute Gasteiger partial charge is 0.340 e. The Labute approximate surface area is 150 Å². The molecule has 4 rings (SSSR count). The maximum absolute atomic E-state index is 11.3. The molecule has 1 atom stereocenters. The number of oxazole rings is 1. The Kier molecular flexibility index (Phi) is 4.34. The molecular weight excluding hydrogens is 334 g/mol. The molecule has 0 bridgehead atoms. The number of likely N-dealkylation sites (tertiary alicyclic amines) is 1. The van der Waals surface area contributed by atoms with Crippen molar-refractivity contribution in [2.45, 2.75) is 32.4 Å². The molecule has 1 aliphatic heterocycles. The van der Waals surface area contributed by atoms with Gasteiger partial charge in [-0.1, -0.05) is 0 Å². The van der Waals surface area contributed by atoms with Crippen molar-refractivity contribution < 1.29 is 9.15 Å². The van der Waals surface area contributed by atoms with E-state index in [0.29, 0.717) is 18.3 Å². The molecule has 1 aliphatic rings. The van der Waals surface area contributed by atoms with Crippen molar-refractivity contribution in [1.29, 1.82) is 0 Å². The Morgan fingerprint density at radius 2 is 2.15 bits per heavy atom. The van der Waals surface area contributed by atoms with Gasteiger partial charge in [0.25, 0.3) is 0 Å². The molecule has 1 saturated heterocycles. The van der Waals surface area contributed by atoms with Crippen LogP contribution in [0.4, 0.5) is 0 Å². The number of aromatic nitrogens is 4. The summed E-state index contributed by atoms with van der Waals surface area (Å²) in [7, 11) is 1.64. The van der Waals surface area contributed by atoms with Crippen LogP contribution in [0.15, 0.2) is 33.5 Å². The van der Waals surface area contributed by atoms with E-state index in [1.165, 1.54) is 0 Å². The highest BCUT2D eigenvalue weighted by Gasteiger charge is 2.30. The molecule has 0 aliphatic carbocycles. The van der Waals surface area contributed by atoms with Gasteiger partial charge in [-0.15, -0.1) is 0 Å². The Hall–Kier alpha value is -2.87. The lowest BCUT2D eigenvalue weighted by Crippen LogP contribution is -2.24. The fourth-order valence-corrected chi connectivity index (χ4v) is 3.39. The maximum atomic E-state index is 11.3. The Bertz CT molecular complexity index is 940. The van der Waals surface area contributed by atoms with Crippen molar-refractivity contribution in [3.63, 3.8) is 0 Å². The minimum Gasteiger partial charge on any atom is -0.497 e. The van der Waals surface area contributed by atoms with Crippen molar-refractivity contribution in [1.82, 2.24) is 25.1 Å². The van der Waals surface area contributed by atoms with Crippen molar-refractivity contribution in [2.75, 3.05) is 13.7 Å². The number of nitrogens with one attached hydrogen (secondary N) is 2. The highest BCUT2D eigenvalue weighted by atomic mass is 16.5. The van der Waals surface area contributed by atoms with E-state index in [2.05, 4.69) is 25.1 Å². The summed E-state index contributed by atoms with van der Waals surface area (Å²) in [5.74, 6) is 2.88. The third-order valence-electron chi connectivity index (χ3n) is 4.78. The quantitative estimate of drug-likeness (QED) is 0.729. The van der Waals surface area contributed by atoms with Gasteiger partial charge in [-0.3, -0.25) is 9.88 Å². The molecule has 26 heavy (non-hydrogen) atoms. The summed E-state index contributed by atoms with van der Waals surface area (Å²) >= 11 is 0. The molecule has 2 N–H and O–H groups in total. The number of aromatic amines is 2.